The third kappa shape index (κ3) is 1.84. The lowest BCUT2D eigenvalue weighted by atomic mass is 9.48. The van der Waals surface area contributed by atoms with E-state index in [1.165, 1.54) is 38.5 Å². The number of allylic oxidation sites excluding steroid dienone is 2. The van der Waals surface area contributed by atoms with Crippen LogP contribution in [0.5, 0.6) is 0 Å². The van der Waals surface area contributed by atoms with E-state index in [9.17, 15) is 4.79 Å². The molecule has 116 valence electrons. The van der Waals surface area contributed by atoms with Crippen LogP contribution in [0.1, 0.15) is 65.2 Å². The molecule has 3 fully saturated rings. The lowest BCUT2D eigenvalue weighted by Gasteiger charge is -2.56. The highest BCUT2D eigenvalue weighted by Crippen LogP contribution is 2.64. The van der Waals surface area contributed by atoms with Gasteiger partial charge in [0.25, 0.3) is 0 Å². The number of halogens is 1. The predicted octanol–water partition coefficient (Wildman–Crippen LogP) is 5.28. The van der Waals surface area contributed by atoms with Gasteiger partial charge in [-0.25, -0.2) is 0 Å². The molecule has 1 unspecified atom stereocenters. The number of hydrogen-bond donors (Lipinski definition) is 0. The van der Waals surface area contributed by atoms with Crippen molar-refractivity contribution in [2.75, 3.05) is 0 Å². The van der Waals surface area contributed by atoms with E-state index in [0.717, 1.165) is 24.7 Å². The van der Waals surface area contributed by atoms with Crippen molar-refractivity contribution in [1.29, 1.82) is 0 Å². The van der Waals surface area contributed by atoms with Crippen LogP contribution in [0.3, 0.4) is 0 Å². The van der Waals surface area contributed by atoms with Crippen molar-refractivity contribution in [3.63, 3.8) is 0 Å². The van der Waals surface area contributed by atoms with Gasteiger partial charge in [0.1, 0.15) is 0 Å². The molecule has 0 aromatic rings. The Morgan fingerprint density at radius 2 is 1.95 bits per heavy atom. The molecular formula is C19H27BrO. The molecule has 0 bridgehead atoms. The Balaban J connectivity index is 1.71. The summed E-state index contributed by atoms with van der Waals surface area (Å²) in [4.78, 5) is 12.8. The Bertz CT molecular complexity index is 510. The number of fused-ring (bicyclic) bond motifs is 5. The molecule has 0 aliphatic heterocycles. The summed E-state index contributed by atoms with van der Waals surface area (Å²) in [5.41, 5.74) is 2.18. The van der Waals surface area contributed by atoms with Crippen LogP contribution in [0.15, 0.2) is 11.6 Å². The molecule has 2 heteroatoms. The first-order chi connectivity index (χ1) is 9.97. The fourth-order valence-electron chi connectivity index (χ4n) is 6.45. The van der Waals surface area contributed by atoms with Crippen molar-refractivity contribution < 1.29 is 4.79 Å². The van der Waals surface area contributed by atoms with E-state index in [-0.39, 0.29) is 10.2 Å². The van der Waals surface area contributed by atoms with Crippen LogP contribution in [0.2, 0.25) is 0 Å². The van der Waals surface area contributed by atoms with E-state index in [4.69, 9.17) is 0 Å². The molecule has 6 atom stereocenters. The van der Waals surface area contributed by atoms with Crippen molar-refractivity contribution in [2.45, 2.75) is 70.0 Å². The largest absolute Gasteiger partial charge is 0.298 e. The van der Waals surface area contributed by atoms with Gasteiger partial charge in [-0.05, 0) is 68.1 Å². The molecule has 4 rings (SSSR count). The lowest BCUT2D eigenvalue weighted by Crippen LogP contribution is -2.49. The molecular weight excluding hydrogens is 324 g/mol. The monoisotopic (exact) mass is 350 g/mol. The lowest BCUT2D eigenvalue weighted by molar-refractivity contribution is -0.131. The quantitative estimate of drug-likeness (QED) is 0.429. The zero-order valence-corrected chi connectivity index (χ0v) is 14.9. The number of Topliss-reactive ketones (excluding diaryl/α,β-unsaturated/α-hetero) is 1. The van der Waals surface area contributed by atoms with Crippen molar-refractivity contribution in [2.24, 2.45) is 28.6 Å². The van der Waals surface area contributed by atoms with Gasteiger partial charge in [-0.15, -0.1) is 0 Å². The highest BCUT2D eigenvalue weighted by Gasteiger charge is 2.60. The Kier molecular flexibility index (Phi) is 3.24. The maximum atomic E-state index is 12.6. The van der Waals surface area contributed by atoms with Crippen LogP contribution in [0.4, 0.5) is 0 Å². The van der Waals surface area contributed by atoms with Crippen LogP contribution < -0.4 is 0 Å². The number of rotatable bonds is 0. The zero-order valence-electron chi connectivity index (χ0n) is 13.3. The molecule has 4 aliphatic carbocycles. The average Bonchev–Trinajstić information content (AvgIpc) is 2.70. The molecule has 0 spiro atoms. The third-order valence-corrected chi connectivity index (χ3v) is 8.51. The topological polar surface area (TPSA) is 17.1 Å². The van der Waals surface area contributed by atoms with E-state index in [1.54, 1.807) is 5.57 Å². The molecule has 21 heavy (non-hydrogen) atoms. The molecule has 0 radical (unpaired) electrons. The molecule has 1 nitrogen and oxygen atoms in total. The van der Waals surface area contributed by atoms with Crippen LogP contribution in [-0.4, -0.2) is 10.6 Å². The minimum atomic E-state index is -0.0360. The second-order valence-electron chi connectivity index (χ2n) is 8.49. The van der Waals surface area contributed by atoms with E-state index in [0.29, 0.717) is 17.1 Å². The highest BCUT2D eigenvalue weighted by molar-refractivity contribution is 9.10. The van der Waals surface area contributed by atoms with Gasteiger partial charge in [-0.3, -0.25) is 4.79 Å². The summed E-state index contributed by atoms with van der Waals surface area (Å²) in [6.07, 6.45) is 12.8. The molecule has 0 heterocycles. The summed E-state index contributed by atoms with van der Waals surface area (Å²) in [5.74, 6) is 2.70. The molecule has 4 aliphatic rings. The van der Waals surface area contributed by atoms with Crippen LogP contribution in [-0.2, 0) is 4.79 Å². The minimum absolute atomic E-state index is 0.0360. The first kappa shape index (κ1) is 14.5. The summed E-state index contributed by atoms with van der Waals surface area (Å²) < 4.78 is 0. The molecule has 3 saturated carbocycles. The third-order valence-electron chi connectivity index (χ3n) is 7.72. The van der Waals surface area contributed by atoms with Crippen molar-refractivity contribution in [1.82, 2.24) is 0 Å². The van der Waals surface area contributed by atoms with E-state index in [1.807, 2.05) is 0 Å². The molecule has 0 saturated heterocycles. The summed E-state index contributed by atoms with van der Waals surface area (Å²) >= 11 is 3.66. The maximum absolute atomic E-state index is 12.6. The Hall–Kier alpha value is -0.110. The van der Waals surface area contributed by atoms with Gasteiger partial charge < -0.3 is 0 Å². The first-order valence-electron chi connectivity index (χ1n) is 8.85. The fraction of sp³-hybridized carbons (Fsp3) is 0.842. The Morgan fingerprint density at radius 1 is 1.14 bits per heavy atom. The van der Waals surface area contributed by atoms with Crippen molar-refractivity contribution in [3.05, 3.63) is 11.6 Å². The molecule has 0 aromatic carbocycles. The number of alkyl halides is 1. The van der Waals surface area contributed by atoms with E-state index >= 15 is 0 Å². The number of hydrogen-bond acceptors (Lipinski definition) is 1. The summed E-state index contributed by atoms with van der Waals surface area (Å²) in [5, 5.41) is 0. The standard InChI is InChI=1S/C19H27BrO/c1-18-9-4-3-5-12(18)6-7-13-14(18)8-10-19(2)15(13)11-16(20)17(19)21/h6,13-16H,3-5,7-11H2,1-2H3/t13-,14-,15+,16?,18+,19+/m1/s1. The highest BCUT2D eigenvalue weighted by atomic mass is 79.9. The fourth-order valence-corrected chi connectivity index (χ4v) is 7.37. The minimum Gasteiger partial charge on any atom is -0.298 e. The molecule has 0 aromatic heterocycles. The smallest absolute Gasteiger partial charge is 0.152 e. The average molecular weight is 351 g/mol. The van der Waals surface area contributed by atoms with Gasteiger partial charge in [0, 0.05) is 5.41 Å². The number of carbonyl (C=O) groups excluding carboxylic acids is 1. The zero-order chi connectivity index (χ0) is 14.8. The second kappa shape index (κ2) is 4.69. The van der Waals surface area contributed by atoms with Gasteiger partial charge in [0.15, 0.2) is 5.78 Å². The van der Waals surface area contributed by atoms with E-state index < -0.39 is 0 Å². The maximum Gasteiger partial charge on any atom is 0.152 e. The SMILES string of the molecule is C[C@]12CCCCC1=CC[C@@H]1[C@H]2CC[C@]2(C)C(=O)C(Br)C[C@@H]12. The predicted molar refractivity (Wildman–Crippen MR) is 89.4 cm³/mol. The van der Waals surface area contributed by atoms with Crippen LogP contribution >= 0.6 is 15.9 Å². The van der Waals surface area contributed by atoms with Crippen LogP contribution in [0.25, 0.3) is 0 Å². The van der Waals surface area contributed by atoms with Crippen molar-refractivity contribution >= 4 is 21.7 Å². The normalized spacial score (nSPS) is 52.7. The summed E-state index contributed by atoms with van der Waals surface area (Å²) in [6.45, 7) is 4.81. The van der Waals surface area contributed by atoms with Gasteiger partial charge in [0.2, 0.25) is 0 Å². The first-order valence-corrected chi connectivity index (χ1v) is 9.76. The summed E-state index contributed by atoms with van der Waals surface area (Å²) in [6, 6.07) is 0. The van der Waals surface area contributed by atoms with Gasteiger partial charge >= 0.3 is 0 Å². The summed E-state index contributed by atoms with van der Waals surface area (Å²) in [7, 11) is 0. The Labute approximate surface area is 137 Å². The number of ketones is 1. The van der Waals surface area contributed by atoms with Crippen LogP contribution in [0, 0.1) is 28.6 Å². The Morgan fingerprint density at radius 3 is 2.76 bits per heavy atom. The van der Waals surface area contributed by atoms with E-state index in [2.05, 4.69) is 35.9 Å². The van der Waals surface area contributed by atoms with Gasteiger partial charge in [-0.2, -0.15) is 0 Å². The van der Waals surface area contributed by atoms with Gasteiger partial charge in [-0.1, -0.05) is 47.8 Å². The molecule has 0 N–H and O–H groups in total. The molecule has 0 amide bonds. The second-order valence-corrected chi connectivity index (χ2v) is 9.60. The van der Waals surface area contributed by atoms with Gasteiger partial charge in [0.05, 0.1) is 4.83 Å². The van der Waals surface area contributed by atoms with Crippen molar-refractivity contribution in [3.8, 4) is 0 Å². The number of carbonyl (C=O) groups is 1.